The molecule has 5 heteroatoms. The fraction of sp³-hybridized carbons (Fsp3) is 0.400. The number of hydrogen-bond acceptors (Lipinski definition) is 4. The maximum atomic E-state index is 4.45. The predicted octanol–water partition coefficient (Wildman–Crippen LogP) is 3.52. The summed E-state index contributed by atoms with van der Waals surface area (Å²) in [7, 11) is 0. The van der Waals surface area contributed by atoms with Gasteiger partial charge < -0.3 is 10.3 Å². The highest BCUT2D eigenvalue weighted by molar-refractivity contribution is 5.84. The van der Waals surface area contributed by atoms with Crippen molar-refractivity contribution in [3.8, 4) is 11.3 Å². The summed E-state index contributed by atoms with van der Waals surface area (Å²) in [5.74, 6) is 1.65. The van der Waals surface area contributed by atoms with Gasteiger partial charge in [-0.25, -0.2) is 0 Å². The number of anilines is 1. The maximum Gasteiger partial charge on any atom is 0.148 e. The molecule has 3 aliphatic rings. The van der Waals surface area contributed by atoms with Crippen LogP contribution in [-0.4, -0.2) is 45.3 Å². The second kappa shape index (κ2) is 5.85. The van der Waals surface area contributed by atoms with Gasteiger partial charge in [-0.05, 0) is 68.4 Å². The van der Waals surface area contributed by atoms with Gasteiger partial charge in [0.25, 0.3) is 0 Å². The maximum absolute atomic E-state index is 4.45. The Labute approximate surface area is 147 Å². The number of hydrogen-bond donors (Lipinski definition) is 2. The Kier molecular flexibility index (Phi) is 3.48. The van der Waals surface area contributed by atoms with Crippen molar-refractivity contribution in [2.45, 2.75) is 31.8 Å². The fourth-order valence-electron chi connectivity index (χ4n) is 4.49. The van der Waals surface area contributed by atoms with Crippen molar-refractivity contribution in [2.75, 3.05) is 18.4 Å². The molecule has 0 radical (unpaired) electrons. The van der Waals surface area contributed by atoms with Gasteiger partial charge in [-0.3, -0.25) is 4.90 Å². The van der Waals surface area contributed by atoms with Gasteiger partial charge in [-0.15, -0.1) is 10.2 Å². The summed E-state index contributed by atoms with van der Waals surface area (Å²) in [6.45, 7) is 4.82. The monoisotopic (exact) mass is 333 g/mol. The number of benzene rings is 1. The molecule has 6 rings (SSSR count). The van der Waals surface area contributed by atoms with E-state index in [0.29, 0.717) is 12.1 Å². The van der Waals surface area contributed by atoms with Crippen LogP contribution in [0.3, 0.4) is 0 Å². The van der Waals surface area contributed by atoms with E-state index in [2.05, 4.69) is 68.7 Å². The van der Waals surface area contributed by atoms with Crippen LogP contribution in [0.2, 0.25) is 0 Å². The molecule has 2 aromatic heterocycles. The molecule has 25 heavy (non-hydrogen) atoms. The van der Waals surface area contributed by atoms with Gasteiger partial charge in [0.2, 0.25) is 0 Å². The first-order valence-electron chi connectivity index (χ1n) is 9.20. The Balaban J connectivity index is 1.36. The van der Waals surface area contributed by atoms with Gasteiger partial charge in [-0.2, -0.15) is 0 Å². The SMILES string of the molecule is C[C@@H]1[C@@H](Nc2ccc(-c3ccc4cc[nH]c4c3)nn2)C2CCN1CC2. The van der Waals surface area contributed by atoms with E-state index in [1.807, 2.05) is 6.20 Å². The Morgan fingerprint density at radius 3 is 2.72 bits per heavy atom. The molecule has 0 saturated carbocycles. The van der Waals surface area contributed by atoms with Crippen molar-refractivity contribution in [3.05, 3.63) is 42.6 Å². The smallest absolute Gasteiger partial charge is 0.148 e. The lowest BCUT2D eigenvalue weighted by molar-refractivity contribution is 0.0457. The zero-order valence-electron chi connectivity index (χ0n) is 14.4. The highest BCUT2D eigenvalue weighted by Crippen LogP contribution is 2.33. The van der Waals surface area contributed by atoms with Crippen LogP contribution in [0.1, 0.15) is 19.8 Å². The van der Waals surface area contributed by atoms with Crippen LogP contribution < -0.4 is 5.32 Å². The standard InChI is InChI=1S/C20H23N5/c1-13-20(15-7-10-25(13)11-8-15)22-19-5-4-17(23-24-19)16-3-2-14-6-9-21-18(14)12-16/h2-6,9,12-13,15,20-21H,7-8,10-11H2,1H3,(H,22,24)/t13-,20-/m1/s1. The topological polar surface area (TPSA) is 56.8 Å². The lowest BCUT2D eigenvalue weighted by Gasteiger charge is -2.50. The molecule has 3 fully saturated rings. The van der Waals surface area contributed by atoms with Crippen LogP contribution in [0.5, 0.6) is 0 Å². The number of rotatable bonds is 3. The van der Waals surface area contributed by atoms with Crippen LogP contribution in [0.15, 0.2) is 42.6 Å². The summed E-state index contributed by atoms with van der Waals surface area (Å²) in [6, 6.07) is 13.6. The molecule has 3 saturated heterocycles. The normalized spacial score (nSPS) is 28.4. The fourth-order valence-corrected chi connectivity index (χ4v) is 4.49. The van der Waals surface area contributed by atoms with E-state index in [1.54, 1.807) is 0 Å². The van der Waals surface area contributed by atoms with Crippen molar-refractivity contribution in [2.24, 2.45) is 5.92 Å². The molecule has 0 aliphatic carbocycles. The number of aromatic nitrogens is 3. The lowest BCUT2D eigenvalue weighted by Crippen LogP contribution is -2.59. The van der Waals surface area contributed by atoms with E-state index in [4.69, 9.17) is 0 Å². The van der Waals surface area contributed by atoms with E-state index in [-0.39, 0.29) is 0 Å². The predicted molar refractivity (Wildman–Crippen MR) is 100 cm³/mol. The average Bonchev–Trinajstić information content (AvgIpc) is 3.13. The van der Waals surface area contributed by atoms with E-state index < -0.39 is 0 Å². The zero-order chi connectivity index (χ0) is 16.8. The largest absolute Gasteiger partial charge is 0.364 e. The van der Waals surface area contributed by atoms with Crippen LogP contribution in [0.4, 0.5) is 5.82 Å². The summed E-state index contributed by atoms with van der Waals surface area (Å²) < 4.78 is 0. The summed E-state index contributed by atoms with van der Waals surface area (Å²) in [5, 5.41) is 13.8. The number of piperidine rings is 3. The van der Waals surface area contributed by atoms with Gasteiger partial charge in [-0.1, -0.05) is 12.1 Å². The molecular weight excluding hydrogens is 310 g/mol. The Morgan fingerprint density at radius 1 is 1.08 bits per heavy atom. The molecule has 5 heterocycles. The van der Waals surface area contributed by atoms with Crippen LogP contribution in [0, 0.1) is 5.92 Å². The zero-order valence-corrected chi connectivity index (χ0v) is 14.4. The molecular formula is C20H23N5. The molecule has 1 aromatic carbocycles. The summed E-state index contributed by atoms with van der Waals surface area (Å²) in [5.41, 5.74) is 3.12. The summed E-state index contributed by atoms with van der Waals surface area (Å²) in [4.78, 5) is 5.84. The third kappa shape index (κ3) is 2.59. The first kappa shape index (κ1) is 14.9. The van der Waals surface area contributed by atoms with Gasteiger partial charge in [0.15, 0.2) is 0 Å². The van der Waals surface area contributed by atoms with Gasteiger partial charge in [0.1, 0.15) is 5.82 Å². The molecule has 2 N–H and O–H groups in total. The van der Waals surface area contributed by atoms with E-state index in [0.717, 1.165) is 28.5 Å². The molecule has 0 spiro atoms. The summed E-state index contributed by atoms with van der Waals surface area (Å²) in [6.07, 6.45) is 4.55. The van der Waals surface area contributed by atoms with Crippen molar-refractivity contribution in [3.63, 3.8) is 0 Å². The van der Waals surface area contributed by atoms with Crippen molar-refractivity contribution >= 4 is 16.7 Å². The molecule has 0 unspecified atom stereocenters. The minimum absolute atomic E-state index is 0.484. The van der Waals surface area contributed by atoms with Gasteiger partial charge in [0.05, 0.1) is 5.69 Å². The van der Waals surface area contributed by atoms with E-state index >= 15 is 0 Å². The quantitative estimate of drug-likeness (QED) is 0.770. The number of nitrogens with one attached hydrogen (secondary N) is 2. The third-order valence-corrected chi connectivity index (χ3v) is 6.01. The average molecular weight is 333 g/mol. The molecule has 3 aromatic rings. The number of aromatic amines is 1. The molecule has 3 aliphatic heterocycles. The molecule has 2 bridgehead atoms. The molecule has 0 amide bonds. The second-order valence-corrected chi connectivity index (χ2v) is 7.37. The van der Waals surface area contributed by atoms with Gasteiger partial charge >= 0.3 is 0 Å². The third-order valence-electron chi connectivity index (χ3n) is 6.01. The van der Waals surface area contributed by atoms with Gasteiger partial charge in [0, 0.05) is 29.4 Å². The Bertz CT molecular complexity index is 874. The number of H-pyrrole nitrogens is 1. The highest BCUT2D eigenvalue weighted by atomic mass is 15.2. The second-order valence-electron chi connectivity index (χ2n) is 7.37. The minimum Gasteiger partial charge on any atom is -0.364 e. The van der Waals surface area contributed by atoms with Crippen LogP contribution >= 0.6 is 0 Å². The summed E-state index contributed by atoms with van der Waals surface area (Å²) >= 11 is 0. The van der Waals surface area contributed by atoms with Crippen LogP contribution in [0.25, 0.3) is 22.2 Å². The first-order chi connectivity index (χ1) is 12.3. The van der Waals surface area contributed by atoms with Crippen molar-refractivity contribution < 1.29 is 0 Å². The Hall–Kier alpha value is -2.40. The van der Waals surface area contributed by atoms with E-state index in [1.165, 1.54) is 31.3 Å². The minimum atomic E-state index is 0.484. The van der Waals surface area contributed by atoms with E-state index in [9.17, 15) is 0 Å². The molecule has 2 atom stereocenters. The van der Waals surface area contributed by atoms with Crippen LogP contribution in [-0.2, 0) is 0 Å². The first-order valence-corrected chi connectivity index (χ1v) is 9.20. The highest BCUT2D eigenvalue weighted by Gasteiger charge is 2.39. The lowest BCUT2D eigenvalue weighted by atomic mass is 9.79. The number of fused-ring (bicyclic) bond motifs is 4. The molecule has 5 nitrogen and oxygen atoms in total. The van der Waals surface area contributed by atoms with Crippen molar-refractivity contribution in [1.82, 2.24) is 20.1 Å². The molecule has 128 valence electrons. The Morgan fingerprint density at radius 2 is 1.96 bits per heavy atom. The number of nitrogens with zero attached hydrogens (tertiary/aromatic N) is 3. The van der Waals surface area contributed by atoms with Crippen molar-refractivity contribution in [1.29, 1.82) is 0 Å².